The molecule has 16 heavy (non-hydrogen) atoms. The summed E-state index contributed by atoms with van der Waals surface area (Å²) >= 11 is 0. The van der Waals surface area contributed by atoms with Crippen LogP contribution in [0.1, 0.15) is 20.3 Å². The number of hydrogen-bond acceptors (Lipinski definition) is 5. The molecule has 0 spiro atoms. The second kappa shape index (κ2) is 4.44. The number of fused-ring (bicyclic) bond motifs is 1. The van der Waals surface area contributed by atoms with Crippen molar-refractivity contribution in [2.24, 2.45) is 5.73 Å². The second-order valence-corrected chi connectivity index (χ2v) is 4.10. The molecule has 0 amide bonds. The van der Waals surface area contributed by atoms with Crippen LogP contribution in [0.3, 0.4) is 0 Å². The number of rotatable bonds is 4. The van der Waals surface area contributed by atoms with Gasteiger partial charge >= 0.3 is 0 Å². The molecule has 2 rings (SSSR count). The van der Waals surface area contributed by atoms with E-state index in [0.29, 0.717) is 0 Å². The molecule has 86 valence electrons. The SMILES string of the molecule is CC(N)CC(C)Nc1nccn2cnnc12. The molecule has 0 saturated carbocycles. The average molecular weight is 220 g/mol. The maximum atomic E-state index is 5.75. The highest BCUT2D eigenvalue weighted by molar-refractivity contribution is 5.61. The van der Waals surface area contributed by atoms with E-state index in [4.69, 9.17) is 5.73 Å². The number of nitrogens with two attached hydrogens (primary N) is 1. The summed E-state index contributed by atoms with van der Waals surface area (Å²) in [6.07, 6.45) is 6.07. The summed E-state index contributed by atoms with van der Waals surface area (Å²) in [6.45, 7) is 4.06. The molecule has 0 aliphatic rings. The van der Waals surface area contributed by atoms with Crippen molar-refractivity contribution >= 4 is 11.5 Å². The van der Waals surface area contributed by atoms with Crippen molar-refractivity contribution in [1.82, 2.24) is 19.6 Å². The number of nitrogens with zero attached hydrogens (tertiary/aromatic N) is 4. The molecule has 3 N–H and O–H groups in total. The minimum absolute atomic E-state index is 0.167. The molecule has 2 unspecified atom stereocenters. The van der Waals surface area contributed by atoms with Crippen LogP contribution in [0.5, 0.6) is 0 Å². The first-order valence-corrected chi connectivity index (χ1v) is 5.33. The third kappa shape index (κ3) is 2.27. The quantitative estimate of drug-likeness (QED) is 0.791. The maximum absolute atomic E-state index is 5.75. The minimum Gasteiger partial charge on any atom is -0.364 e. The van der Waals surface area contributed by atoms with Crippen LogP contribution in [0.25, 0.3) is 5.65 Å². The second-order valence-electron chi connectivity index (χ2n) is 4.10. The van der Waals surface area contributed by atoms with Gasteiger partial charge in [-0.1, -0.05) is 0 Å². The van der Waals surface area contributed by atoms with Gasteiger partial charge in [-0.25, -0.2) is 4.98 Å². The van der Waals surface area contributed by atoms with Crippen LogP contribution in [-0.2, 0) is 0 Å². The van der Waals surface area contributed by atoms with Crippen LogP contribution >= 0.6 is 0 Å². The summed E-state index contributed by atoms with van der Waals surface area (Å²) in [4.78, 5) is 4.25. The lowest BCUT2D eigenvalue weighted by atomic mass is 10.1. The predicted octanol–water partition coefficient (Wildman–Crippen LogP) is 0.662. The Bertz CT molecular complexity index is 463. The summed E-state index contributed by atoms with van der Waals surface area (Å²) in [7, 11) is 0. The molecule has 0 radical (unpaired) electrons. The maximum Gasteiger partial charge on any atom is 0.203 e. The molecule has 0 fully saturated rings. The first-order chi connectivity index (χ1) is 7.66. The van der Waals surface area contributed by atoms with Gasteiger partial charge in [0.05, 0.1) is 0 Å². The lowest BCUT2D eigenvalue weighted by Gasteiger charge is -2.16. The van der Waals surface area contributed by atoms with Crippen LogP contribution in [0.15, 0.2) is 18.7 Å². The fourth-order valence-corrected chi connectivity index (χ4v) is 1.71. The van der Waals surface area contributed by atoms with Crippen LogP contribution in [0.4, 0.5) is 5.82 Å². The highest BCUT2D eigenvalue weighted by Crippen LogP contribution is 2.12. The van der Waals surface area contributed by atoms with E-state index in [2.05, 4.69) is 27.4 Å². The molecule has 6 nitrogen and oxygen atoms in total. The molecule has 2 aromatic rings. The van der Waals surface area contributed by atoms with Crippen molar-refractivity contribution in [2.45, 2.75) is 32.4 Å². The zero-order valence-corrected chi connectivity index (χ0v) is 9.46. The largest absolute Gasteiger partial charge is 0.364 e. The number of nitrogens with one attached hydrogen (secondary N) is 1. The lowest BCUT2D eigenvalue weighted by Crippen LogP contribution is -2.26. The summed E-state index contributed by atoms with van der Waals surface area (Å²) in [6, 6.07) is 0.426. The van der Waals surface area contributed by atoms with Crippen molar-refractivity contribution in [2.75, 3.05) is 5.32 Å². The predicted molar refractivity (Wildman–Crippen MR) is 62.1 cm³/mol. The van der Waals surface area contributed by atoms with E-state index in [0.717, 1.165) is 17.9 Å². The third-order valence-electron chi connectivity index (χ3n) is 2.32. The average Bonchev–Trinajstić information content (AvgIpc) is 2.65. The normalized spacial score (nSPS) is 14.9. The van der Waals surface area contributed by atoms with Gasteiger partial charge in [0.2, 0.25) is 5.65 Å². The molecule has 0 aliphatic carbocycles. The van der Waals surface area contributed by atoms with E-state index in [1.165, 1.54) is 0 Å². The third-order valence-corrected chi connectivity index (χ3v) is 2.32. The summed E-state index contributed by atoms with van der Waals surface area (Å²) in [5, 5.41) is 11.1. The van der Waals surface area contributed by atoms with E-state index in [9.17, 15) is 0 Å². The van der Waals surface area contributed by atoms with Crippen LogP contribution < -0.4 is 11.1 Å². The summed E-state index contributed by atoms with van der Waals surface area (Å²) in [5.74, 6) is 0.744. The summed E-state index contributed by atoms with van der Waals surface area (Å²) < 4.78 is 1.83. The first-order valence-electron chi connectivity index (χ1n) is 5.33. The Morgan fingerprint density at radius 1 is 1.50 bits per heavy atom. The van der Waals surface area contributed by atoms with Crippen LogP contribution in [-0.4, -0.2) is 31.7 Å². The monoisotopic (exact) mass is 220 g/mol. The van der Waals surface area contributed by atoms with Gasteiger partial charge in [0.25, 0.3) is 0 Å². The Morgan fingerprint density at radius 2 is 2.31 bits per heavy atom. The van der Waals surface area contributed by atoms with Crippen molar-refractivity contribution in [3.05, 3.63) is 18.7 Å². The standard InChI is InChI=1S/C10H16N6/c1-7(11)5-8(2)14-9-10-15-13-6-16(10)4-3-12-9/h3-4,6-8H,5,11H2,1-2H3,(H,12,14). The highest BCUT2D eigenvalue weighted by atomic mass is 15.2. The Kier molecular flexibility index (Phi) is 3.00. The van der Waals surface area contributed by atoms with Gasteiger partial charge in [0.1, 0.15) is 6.33 Å². The summed E-state index contributed by atoms with van der Waals surface area (Å²) in [5.41, 5.74) is 6.48. The van der Waals surface area contributed by atoms with Gasteiger partial charge in [-0.3, -0.25) is 4.40 Å². The number of anilines is 1. The molecule has 0 aromatic carbocycles. The zero-order valence-electron chi connectivity index (χ0n) is 9.46. The van der Waals surface area contributed by atoms with Gasteiger partial charge in [-0.2, -0.15) is 0 Å². The smallest absolute Gasteiger partial charge is 0.203 e. The highest BCUT2D eigenvalue weighted by Gasteiger charge is 2.09. The van der Waals surface area contributed by atoms with Gasteiger partial charge < -0.3 is 11.1 Å². The Morgan fingerprint density at radius 3 is 3.06 bits per heavy atom. The molecule has 0 saturated heterocycles. The Hall–Kier alpha value is -1.69. The van der Waals surface area contributed by atoms with Gasteiger partial charge in [0, 0.05) is 24.5 Å². The van der Waals surface area contributed by atoms with Crippen molar-refractivity contribution < 1.29 is 0 Å². The van der Waals surface area contributed by atoms with E-state index in [-0.39, 0.29) is 12.1 Å². The van der Waals surface area contributed by atoms with Crippen LogP contribution in [0, 0.1) is 0 Å². The fourth-order valence-electron chi connectivity index (χ4n) is 1.71. The van der Waals surface area contributed by atoms with E-state index in [1.807, 2.05) is 17.5 Å². The molecule has 0 aliphatic heterocycles. The van der Waals surface area contributed by atoms with E-state index >= 15 is 0 Å². The van der Waals surface area contributed by atoms with Gasteiger partial charge in [-0.05, 0) is 20.3 Å². The van der Waals surface area contributed by atoms with E-state index < -0.39 is 0 Å². The van der Waals surface area contributed by atoms with Gasteiger partial charge in [0.15, 0.2) is 5.82 Å². The Balaban J connectivity index is 2.17. The topological polar surface area (TPSA) is 81.1 Å². The van der Waals surface area contributed by atoms with Crippen molar-refractivity contribution in [3.8, 4) is 0 Å². The number of hydrogen-bond donors (Lipinski definition) is 2. The van der Waals surface area contributed by atoms with Gasteiger partial charge in [-0.15, -0.1) is 10.2 Å². The zero-order chi connectivity index (χ0) is 11.5. The molecule has 0 bridgehead atoms. The lowest BCUT2D eigenvalue weighted by molar-refractivity contribution is 0.603. The molecule has 2 aromatic heterocycles. The minimum atomic E-state index is 0.167. The molecule has 6 heteroatoms. The Labute approximate surface area is 93.9 Å². The van der Waals surface area contributed by atoms with Crippen molar-refractivity contribution in [1.29, 1.82) is 0 Å². The molecular formula is C10H16N6. The molecule has 2 heterocycles. The van der Waals surface area contributed by atoms with Crippen LogP contribution in [0.2, 0.25) is 0 Å². The molecule has 2 atom stereocenters. The van der Waals surface area contributed by atoms with Crippen molar-refractivity contribution in [3.63, 3.8) is 0 Å². The van der Waals surface area contributed by atoms with E-state index in [1.54, 1.807) is 12.5 Å². The fraction of sp³-hybridized carbons (Fsp3) is 0.500. The molecular weight excluding hydrogens is 204 g/mol. The first kappa shape index (κ1) is 10.8. The number of aromatic nitrogens is 4.